The summed E-state index contributed by atoms with van der Waals surface area (Å²) in [6, 6.07) is 11.7. The number of hydrogen-bond donors (Lipinski definition) is 1. The molecule has 3 rings (SSSR count). The second kappa shape index (κ2) is 8.86. The van der Waals surface area contributed by atoms with Gasteiger partial charge in [0.15, 0.2) is 6.61 Å². The van der Waals surface area contributed by atoms with Crippen LogP contribution in [0.5, 0.6) is 5.75 Å². The summed E-state index contributed by atoms with van der Waals surface area (Å²) in [6.45, 7) is -0.207. The number of amides is 1. The predicted molar refractivity (Wildman–Crippen MR) is 104 cm³/mol. The van der Waals surface area contributed by atoms with Crippen LogP contribution < -0.4 is 10.1 Å². The van der Waals surface area contributed by atoms with Gasteiger partial charge in [-0.25, -0.2) is 0 Å². The molecule has 6 nitrogen and oxygen atoms in total. The number of nitro groups is 1. The summed E-state index contributed by atoms with van der Waals surface area (Å²) >= 11 is 5.98. The molecule has 0 saturated heterocycles. The van der Waals surface area contributed by atoms with Crippen LogP contribution in [0.3, 0.4) is 0 Å². The molecule has 7 heteroatoms. The van der Waals surface area contributed by atoms with Gasteiger partial charge in [-0.05, 0) is 42.5 Å². The molecule has 1 aliphatic carbocycles. The quantitative estimate of drug-likeness (QED) is 0.536. The highest BCUT2D eigenvalue weighted by molar-refractivity contribution is 6.33. The molecule has 1 N–H and O–H groups in total. The Balaban J connectivity index is 1.54. The summed E-state index contributed by atoms with van der Waals surface area (Å²) in [5.41, 5.74) is 1.36. The second-order valence-corrected chi connectivity index (χ2v) is 7.07. The normalized spacial score (nSPS) is 14.6. The van der Waals surface area contributed by atoms with Gasteiger partial charge in [0.2, 0.25) is 0 Å². The smallest absolute Gasteiger partial charge is 0.271 e. The number of anilines is 1. The van der Waals surface area contributed by atoms with Crippen LogP contribution in [0.2, 0.25) is 5.02 Å². The molecule has 1 amide bonds. The van der Waals surface area contributed by atoms with Crippen molar-refractivity contribution in [1.29, 1.82) is 0 Å². The Morgan fingerprint density at radius 2 is 1.85 bits per heavy atom. The molecule has 1 saturated carbocycles. The third kappa shape index (κ3) is 5.20. The van der Waals surface area contributed by atoms with Gasteiger partial charge in [0, 0.05) is 12.1 Å². The van der Waals surface area contributed by atoms with Crippen molar-refractivity contribution in [2.45, 2.75) is 38.0 Å². The molecular formula is C20H21ClN2O4. The Bertz CT molecular complexity index is 817. The lowest BCUT2D eigenvalue weighted by Gasteiger charge is -2.22. The number of non-ortho nitro benzene ring substituents is 1. The van der Waals surface area contributed by atoms with Gasteiger partial charge >= 0.3 is 0 Å². The van der Waals surface area contributed by atoms with Crippen molar-refractivity contribution < 1.29 is 14.5 Å². The highest BCUT2D eigenvalue weighted by Gasteiger charge is 2.16. The van der Waals surface area contributed by atoms with E-state index in [1.54, 1.807) is 0 Å². The summed E-state index contributed by atoms with van der Waals surface area (Å²) in [5.74, 6) is 0.788. The van der Waals surface area contributed by atoms with E-state index in [0.29, 0.717) is 11.7 Å². The number of benzene rings is 2. The molecule has 0 heterocycles. The zero-order valence-electron chi connectivity index (χ0n) is 14.8. The summed E-state index contributed by atoms with van der Waals surface area (Å²) < 4.78 is 5.51. The van der Waals surface area contributed by atoms with Crippen LogP contribution in [-0.2, 0) is 4.79 Å². The number of carbonyl (C=O) groups is 1. The van der Waals surface area contributed by atoms with Crippen molar-refractivity contribution in [3.63, 3.8) is 0 Å². The second-order valence-electron chi connectivity index (χ2n) is 6.66. The molecule has 27 heavy (non-hydrogen) atoms. The maximum Gasteiger partial charge on any atom is 0.271 e. The van der Waals surface area contributed by atoms with Crippen molar-refractivity contribution in [2.75, 3.05) is 11.9 Å². The van der Waals surface area contributed by atoms with E-state index >= 15 is 0 Å². The molecule has 0 bridgehead atoms. The van der Waals surface area contributed by atoms with E-state index in [9.17, 15) is 14.9 Å². The van der Waals surface area contributed by atoms with Gasteiger partial charge in [-0.2, -0.15) is 0 Å². The molecule has 142 valence electrons. The fourth-order valence-electron chi connectivity index (χ4n) is 3.33. The SMILES string of the molecule is O=C(COc1ccc(C2CCCCC2)cc1)Nc1cc([N+](=O)[O-])ccc1Cl. The van der Waals surface area contributed by atoms with E-state index in [2.05, 4.69) is 17.4 Å². The van der Waals surface area contributed by atoms with Crippen LogP contribution in [0.1, 0.15) is 43.6 Å². The fraction of sp³-hybridized carbons (Fsp3) is 0.350. The molecule has 0 unspecified atom stereocenters. The van der Waals surface area contributed by atoms with E-state index in [0.717, 1.165) is 0 Å². The summed E-state index contributed by atoms with van der Waals surface area (Å²) in [6.07, 6.45) is 6.34. The molecule has 0 radical (unpaired) electrons. The largest absolute Gasteiger partial charge is 0.484 e. The first-order valence-electron chi connectivity index (χ1n) is 8.99. The first kappa shape index (κ1) is 19.2. The lowest BCUT2D eigenvalue weighted by Crippen LogP contribution is -2.20. The standard InChI is InChI=1S/C20H21ClN2O4/c21-18-11-8-16(23(25)26)12-19(18)22-20(24)13-27-17-9-6-15(7-10-17)14-4-2-1-3-5-14/h6-12,14H,1-5,13H2,(H,22,24). The summed E-state index contributed by atoms with van der Waals surface area (Å²) in [7, 11) is 0. The lowest BCUT2D eigenvalue weighted by atomic mass is 9.84. The Kier molecular flexibility index (Phi) is 6.29. The van der Waals surface area contributed by atoms with Crippen molar-refractivity contribution in [2.24, 2.45) is 0 Å². The summed E-state index contributed by atoms with van der Waals surface area (Å²) in [5, 5.41) is 13.6. The predicted octanol–water partition coefficient (Wildman–Crippen LogP) is 5.31. The fourth-order valence-corrected chi connectivity index (χ4v) is 3.49. The monoisotopic (exact) mass is 388 g/mol. The van der Waals surface area contributed by atoms with Gasteiger partial charge in [-0.3, -0.25) is 14.9 Å². The molecule has 1 fully saturated rings. The number of nitro benzene ring substituents is 1. The minimum atomic E-state index is -0.545. The van der Waals surface area contributed by atoms with Crippen LogP contribution in [0.15, 0.2) is 42.5 Å². The van der Waals surface area contributed by atoms with Gasteiger partial charge < -0.3 is 10.1 Å². The van der Waals surface area contributed by atoms with E-state index in [1.165, 1.54) is 55.9 Å². The molecule has 0 spiro atoms. The molecule has 1 aliphatic rings. The maximum absolute atomic E-state index is 12.1. The van der Waals surface area contributed by atoms with Crippen molar-refractivity contribution in [3.05, 3.63) is 63.2 Å². The lowest BCUT2D eigenvalue weighted by molar-refractivity contribution is -0.384. The number of hydrogen-bond acceptors (Lipinski definition) is 4. The highest BCUT2D eigenvalue weighted by atomic mass is 35.5. The number of nitrogens with one attached hydrogen (secondary N) is 1. The Labute approximate surface area is 162 Å². The molecule has 0 atom stereocenters. The average Bonchev–Trinajstić information content (AvgIpc) is 2.69. The minimum absolute atomic E-state index is 0.145. The zero-order valence-corrected chi connectivity index (χ0v) is 15.6. The number of nitrogens with zero attached hydrogens (tertiary/aromatic N) is 1. The topological polar surface area (TPSA) is 81.5 Å². The van der Waals surface area contributed by atoms with Crippen molar-refractivity contribution >= 4 is 28.9 Å². The van der Waals surface area contributed by atoms with Crippen LogP contribution in [0.4, 0.5) is 11.4 Å². The van der Waals surface area contributed by atoms with Gasteiger partial charge in [0.1, 0.15) is 5.75 Å². The maximum atomic E-state index is 12.1. The summed E-state index contributed by atoms with van der Waals surface area (Å²) in [4.78, 5) is 22.4. The van der Waals surface area contributed by atoms with Gasteiger partial charge in [-0.1, -0.05) is 43.0 Å². The number of halogens is 1. The Morgan fingerprint density at radius 3 is 2.52 bits per heavy atom. The van der Waals surface area contributed by atoms with Gasteiger partial charge in [-0.15, -0.1) is 0 Å². The van der Waals surface area contributed by atoms with Crippen molar-refractivity contribution in [1.82, 2.24) is 0 Å². The van der Waals surface area contributed by atoms with E-state index in [-0.39, 0.29) is 23.0 Å². The van der Waals surface area contributed by atoms with E-state index in [1.807, 2.05) is 12.1 Å². The number of carbonyl (C=O) groups excluding carboxylic acids is 1. The average molecular weight is 389 g/mol. The van der Waals surface area contributed by atoms with Crippen LogP contribution in [0, 0.1) is 10.1 Å². The Morgan fingerprint density at radius 1 is 1.15 bits per heavy atom. The van der Waals surface area contributed by atoms with Gasteiger partial charge in [0.05, 0.1) is 15.6 Å². The third-order valence-corrected chi connectivity index (χ3v) is 5.09. The zero-order chi connectivity index (χ0) is 19.2. The molecule has 0 aromatic heterocycles. The van der Waals surface area contributed by atoms with Crippen molar-refractivity contribution in [3.8, 4) is 5.75 Å². The third-order valence-electron chi connectivity index (χ3n) is 4.76. The van der Waals surface area contributed by atoms with Crippen LogP contribution in [-0.4, -0.2) is 17.4 Å². The highest BCUT2D eigenvalue weighted by Crippen LogP contribution is 2.33. The van der Waals surface area contributed by atoms with E-state index in [4.69, 9.17) is 16.3 Å². The Hall–Kier alpha value is -2.60. The number of ether oxygens (including phenoxy) is 1. The first-order valence-corrected chi connectivity index (χ1v) is 9.37. The molecular weight excluding hydrogens is 368 g/mol. The van der Waals surface area contributed by atoms with Crippen LogP contribution in [0.25, 0.3) is 0 Å². The van der Waals surface area contributed by atoms with E-state index < -0.39 is 10.8 Å². The molecule has 2 aromatic carbocycles. The first-order chi connectivity index (χ1) is 13.0. The van der Waals surface area contributed by atoms with Gasteiger partial charge in [0.25, 0.3) is 11.6 Å². The molecule has 0 aliphatic heterocycles. The van der Waals surface area contributed by atoms with Crippen LogP contribution >= 0.6 is 11.6 Å². The molecule has 2 aromatic rings. The minimum Gasteiger partial charge on any atom is -0.484 e. The number of rotatable bonds is 6.